The molecule has 0 bridgehead atoms. The third-order valence-corrected chi connectivity index (χ3v) is 4.51. The highest BCUT2D eigenvalue weighted by Gasteiger charge is 2.14. The van der Waals surface area contributed by atoms with Crippen LogP contribution in [0.3, 0.4) is 0 Å². The lowest BCUT2D eigenvalue weighted by molar-refractivity contribution is 0.414. The predicted molar refractivity (Wildman–Crippen MR) is 84.2 cm³/mol. The van der Waals surface area contributed by atoms with E-state index in [2.05, 4.69) is 11.6 Å². The van der Waals surface area contributed by atoms with Gasteiger partial charge in [-0.2, -0.15) is 0 Å². The van der Waals surface area contributed by atoms with E-state index in [1.807, 2.05) is 12.1 Å². The molecule has 0 heterocycles. The molecule has 4 nitrogen and oxygen atoms in total. The maximum atomic E-state index is 12.3. The van der Waals surface area contributed by atoms with Crippen LogP contribution >= 0.6 is 0 Å². The summed E-state index contributed by atoms with van der Waals surface area (Å²) in [6, 6.07) is 13.7. The van der Waals surface area contributed by atoms with Gasteiger partial charge in [-0.1, -0.05) is 25.5 Å². The van der Waals surface area contributed by atoms with Gasteiger partial charge in [-0.05, 0) is 48.4 Å². The normalized spacial score (nSPS) is 11.1. The van der Waals surface area contributed by atoms with E-state index in [4.69, 9.17) is 4.74 Å². The quantitative estimate of drug-likeness (QED) is 0.889. The van der Waals surface area contributed by atoms with E-state index in [1.165, 1.54) is 17.7 Å². The number of hydrogen-bond acceptors (Lipinski definition) is 3. The van der Waals surface area contributed by atoms with Crippen molar-refractivity contribution in [1.29, 1.82) is 0 Å². The molecule has 0 aliphatic rings. The van der Waals surface area contributed by atoms with Gasteiger partial charge in [-0.3, -0.25) is 4.72 Å². The molecule has 0 saturated heterocycles. The van der Waals surface area contributed by atoms with Gasteiger partial charge in [0.05, 0.1) is 12.0 Å². The van der Waals surface area contributed by atoms with E-state index in [-0.39, 0.29) is 4.90 Å². The molecule has 0 amide bonds. The Labute approximate surface area is 125 Å². The minimum Gasteiger partial charge on any atom is -0.497 e. The van der Waals surface area contributed by atoms with Crippen molar-refractivity contribution < 1.29 is 13.2 Å². The van der Waals surface area contributed by atoms with Crippen LogP contribution in [-0.4, -0.2) is 15.5 Å². The number of anilines is 1. The van der Waals surface area contributed by atoms with Crippen molar-refractivity contribution >= 4 is 15.7 Å². The molecule has 0 aliphatic heterocycles. The first-order valence-electron chi connectivity index (χ1n) is 6.81. The van der Waals surface area contributed by atoms with Crippen LogP contribution in [0.2, 0.25) is 0 Å². The summed E-state index contributed by atoms with van der Waals surface area (Å²) in [5, 5.41) is 0. The van der Waals surface area contributed by atoms with Gasteiger partial charge in [0, 0.05) is 5.69 Å². The highest BCUT2D eigenvalue weighted by atomic mass is 32.2. The maximum absolute atomic E-state index is 12.3. The molecule has 21 heavy (non-hydrogen) atoms. The Bertz CT molecular complexity index is 676. The zero-order chi connectivity index (χ0) is 15.3. The van der Waals surface area contributed by atoms with Crippen molar-refractivity contribution in [2.45, 2.75) is 24.7 Å². The molecule has 2 rings (SSSR count). The number of sulfonamides is 1. The van der Waals surface area contributed by atoms with Crippen molar-refractivity contribution in [2.24, 2.45) is 0 Å². The van der Waals surface area contributed by atoms with Gasteiger partial charge < -0.3 is 4.74 Å². The maximum Gasteiger partial charge on any atom is 0.261 e. The molecule has 5 heteroatoms. The average molecular weight is 305 g/mol. The van der Waals surface area contributed by atoms with Crippen LogP contribution in [0.4, 0.5) is 5.69 Å². The van der Waals surface area contributed by atoms with Crippen molar-refractivity contribution in [3.8, 4) is 5.75 Å². The predicted octanol–water partition coefficient (Wildman–Crippen LogP) is 3.45. The Morgan fingerprint density at radius 1 is 1.00 bits per heavy atom. The summed E-state index contributed by atoms with van der Waals surface area (Å²) in [5.74, 6) is 0.623. The third-order valence-electron chi connectivity index (χ3n) is 3.11. The van der Waals surface area contributed by atoms with Crippen LogP contribution in [0.5, 0.6) is 5.75 Å². The Balaban J connectivity index is 2.16. The summed E-state index contributed by atoms with van der Waals surface area (Å²) in [5.41, 5.74) is 1.76. The lowest BCUT2D eigenvalue weighted by atomic mass is 10.1. The van der Waals surface area contributed by atoms with Crippen molar-refractivity contribution in [1.82, 2.24) is 0 Å². The third kappa shape index (κ3) is 3.98. The Morgan fingerprint density at radius 3 is 2.14 bits per heavy atom. The van der Waals surface area contributed by atoms with Crippen LogP contribution in [0.1, 0.15) is 18.9 Å². The van der Waals surface area contributed by atoms with Gasteiger partial charge in [0.1, 0.15) is 5.75 Å². The van der Waals surface area contributed by atoms with Crippen LogP contribution < -0.4 is 9.46 Å². The lowest BCUT2D eigenvalue weighted by Crippen LogP contribution is -2.12. The second kappa shape index (κ2) is 6.63. The minimum atomic E-state index is -3.57. The summed E-state index contributed by atoms with van der Waals surface area (Å²) in [6.07, 6.45) is 2.06. The standard InChI is InChI=1S/C16H19NO3S/c1-3-4-13-5-7-14(8-6-13)17-21(18,19)16-11-9-15(20-2)10-12-16/h5-12,17H,3-4H2,1-2H3. The van der Waals surface area contributed by atoms with Crippen molar-refractivity contribution in [2.75, 3.05) is 11.8 Å². The largest absolute Gasteiger partial charge is 0.497 e. The van der Waals surface area contributed by atoms with Crippen LogP contribution in [0, 0.1) is 0 Å². The second-order valence-corrected chi connectivity index (χ2v) is 6.41. The van der Waals surface area contributed by atoms with Gasteiger partial charge in [-0.25, -0.2) is 8.42 Å². The first-order valence-corrected chi connectivity index (χ1v) is 8.29. The van der Waals surface area contributed by atoms with Crippen molar-refractivity contribution in [3.63, 3.8) is 0 Å². The molecule has 2 aromatic rings. The molecule has 112 valence electrons. The molecule has 0 radical (unpaired) electrons. The van der Waals surface area contributed by atoms with Gasteiger partial charge in [0.2, 0.25) is 0 Å². The molecule has 0 aliphatic carbocycles. The van der Waals surface area contributed by atoms with Gasteiger partial charge in [0.15, 0.2) is 0 Å². The molecular formula is C16H19NO3S. The van der Waals surface area contributed by atoms with E-state index in [1.54, 1.807) is 31.4 Å². The van der Waals surface area contributed by atoms with E-state index < -0.39 is 10.0 Å². The molecule has 0 unspecified atom stereocenters. The molecule has 0 saturated carbocycles. The van der Waals surface area contributed by atoms with E-state index in [9.17, 15) is 8.42 Å². The molecule has 0 atom stereocenters. The number of aryl methyl sites for hydroxylation is 1. The molecule has 0 aromatic heterocycles. The summed E-state index contributed by atoms with van der Waals surface area (Å²) >= 11 is 0. The first kappa shape index (κ1) is 15.4. The number of benzene rings is 2. The number of ether oxygens (including phenoxy) is 1. The second-order valence-electron chi connectivity index (χ2n) is 4.73. The Kier molecular flexibility index (Phi) is 4.85. The highest BCUT2D eigenvalue weighted by molar-refractivity contribution is 7.92. The first-order chi connectivity index (χ1) is 10.0. The van der Waals surface area contributed by atoms with Crippen molar-refractivity contribution in [3.05, 3.63) is 54.1 Å². The summed E-state index contributed by atoms with van der Waals surface area (Å²) in [7, 11) is -2.03. The average Bonchev–Trinajstić information content (AvgIpc) is 2.49. The van der Waals surface area contributed by atoms with E-state index in [0.29, 0.717) is 11.4 Å². The lowest BCUT2D eigenvalue weighted by Gasteiger charge is -2.09. The number of rotatable bonds is 6. The summed E-state index contributed by atoms with van der Waals surface area (Å²) in [6.45, 7) is 2.11. The topological polar surface area (TPSA) is 55.4 Å². The zero-order valence-electron chi connectivity index (χ0n) is 12.2. The molecule has 2 aromatic carbocycles. The number of nitrogens with one attached hydrogen (secondary N) is 1. The smallest absolute Gasteiger partial charge is 0.261 e. The molecule has 0 spiro atoms. The zero-order valence-corrected chi connectivity index (χ0v) is 13.0. The van der Waals surface area contributed by atoms with Crippen LogP contribution in [0.15, 0.2) is 53.4 Å². The number of methoxy groups -OCH3 is 1. The monoisotopic (exact) mass is 305 g/mol. The van der Waals surface area contributed by atoms with E-state index >= 15 is 0 Å². The Morgan fingerprint density at radius 2 is 1.62 bits per heavy atom. The minimum absolute atomic E-state index is 0.209. The van der Waals surface area contributed by atoms with Gasteiger partial charge in [0.25, 0.3) is 10.0 Å². The summed E-state index contributed by atoms with van der Waals surface area (Å²) in [4.78, 5) is 0.209. The molecule has 0 fully saturated rings. The highest BCUT2D eigenvalue weighted by Crippen LogP contribution is 2.19. The van der Waals surface area contributed by atoms with Gasteiger partial charge in [-0.15, -0.1) is 0 Å². The molecule has 1 N–H and O–H groups in total. The summed E-state index contributed by atoms with van der Waals surface area (Å²) < 4.78 is 32.1. The van der Waals surface area contributed by atoms with Crippen LogP contribution in [0.25, 0.3) is 0 Å². The van der Waals surface area contributed by atoms with Crippen LogP contribution in [-0.2, 0) is 16.4 Å². The van der Waals surface area contributed by atoms with E-state index in [0.717, 1.165) is 12.8 Å². The SMILES string of the molecule is CCCc1ccc(NS(=O)(=O)c2ccc(OC)cc2)cc1. The Hall–Kier alpha value is -2.01. The fraction of sp³-hybridized carbons (Fsp3) is 0.250. The fourth-order valence-corrected chi connectivity index (χ4v) is 3.06. The fourth-order valence-electron chi connectivity index (χ4n) is 2.00. The van der Waals surface area contributed by atoms with Gasteiger partial charge >= 0.3 is 0 Å². The molecular weight excluding hydrogens is 286 g/mol. The number of hydrogen-bond donors (Lipinski definition) is 1.